The number of aryl methyl sites for hydroxylation is 2. The van der Waals surface area contributed by atoms with Crippen LogP contribution in [0.2, 0.25) is 0 Å². The summed E-state index contributed by atoms with van der Waals surface area (Å²) in [5, 5.41) is 11.2. The minimum absolute atomic E-state index is 0.0357. The van der Waals surface area contributed by atoms with E-state index in [2.05, 4.69) is 60.2 Å². The van der Waals surface area contributed by atoms with Crippen molar-refractivity contribution in [1.82, 2.24) is 29.9 Å². The summed E-state index contributed by atoms with van der Waals surface area (Å²) in [7, 11) is 0. The third-order valence-electron chi connectivity index (χ3n) is 5.39. The van der Waals surface area contributed by atoms with Crippen LogP contribution in [0.5, 0.6) is 0 Å². The predicted octanol–water partition coefficient (Wildman–Crippen LogP) is 1.84. The van der Waals surface area contributed by atoms with Crippen molar-refractivity contribution < 1.29 is 0 Å². The molecule has 0 amide bonds. The van der Waals surface area contributed by atoms with Crippen molar-refractivity contribution in [2.75, 3.05) is 26.2 Å². The second kappa shape index (κ2) is 12.0. The molecule has 0 unspecified atom stereocenters. The summed E-state index contributed by atoms with van der Waals surface area (Å²) in [5.74, 6) is 1.79. The van der Waals surface area contributed by atoms with E-state index in [1.807, 2.05) is 4.57 Å². The molecule has 0 spiro atoms. The first-order valence-electron chi connectivity index (χ1n) is 11.4. The van der Waals surface area contributed by atoms with Gasteiger partial charge in [-0.3, -0.25) is 14.5 Å². The molecule has 29 heavy (non-hydrogen) atoms. The number of rotatable bonds is 11. The molecular weight excluding hydrogens is 366 g/mol. The molecule has 1 aromatic heterocycles. The van der Waals surface area contributed by atoms with E-state index in [9.17, 15) is 4.79 Å². The van der Waals surface area contributed by atoms with Gasteiger partial charge in [0.25, 0.3) is 0 Å². The lowest BCUT2D eigenvalue weighted by Gasteiger charge is -2.30. The number of nitrogens with one attached hydrogen (secondary N) is 2. The molecule has 0 aromatic carbocycles. The molecule has 2 rings (SSSR count). The molecule has 0 saturated heterocycles. The van der Waals surface area contributed by atoms with Gasteiger partial charge in [0.2, 0.25) is 0 Å². The van der Waals surface area contributed by atoms with Gasteiger partial charge in [-0.05, 0) is 60.3 Å². The fraction of sp³-hybridized carbons (Fsp3) is 0.857. The van der Waals surface area contributed by atoms with Crippen LogP contribution >= 0.6 is 0 Å². The van der Waals surface area contributed by atoms with Crippen LogP contribution in [0, 0.1) is 0 Å². The summed E-state index contributed by atoms with van der Waals surface area (Å²) in [6.45, 7) is 16.0. The third kappa shape index (κ3) is 7.17. The maximum absolute atomic E-state index is 12.4. The van der Waals surface area contributed by atoms with Crippen molar-refractivity contribution in [2.45, 2.75) is 91.9 Å². The van der Waals surface area contributed by atoms with E-state index in [1.54, 1.807) is 4.68 Å². The quantitative estimate of drug-likeness (QED) is 0.332. The van der Waals surface area contributed by atoms with Crippen LogP contribution in [-0.2, 0) is 19.5 Å². The zero-order valence-electron chi connectivity index (χ0n) is 19.1. The molecule has 0 fully saturated rings. The van der Waals surface area contributed by atoms with Crippen molar-refractivity contribution in [3.8, 4) is 0 Å². The molecule has 0 atom stereocenters. The zero-order valence-corrected chi connectivity index (χ0v) is 19.1. The van der Waals surface area contributed by atoms with E-state index in [-0.39, 0.29) is 5.69 Å². The summed E-state index contributed by atoms with van der Waals surface area (Å²) in [5.41, 5.74) is 0.0357. The van der Waals surface area contributed by atoms with Gasteiger partial charge < -0.3 is 10.6 Å². The Labute approximate surface area is 175 Å². The van der Waals surface area contributed by atoms with E-state index < -0.39 is 0 Å². The molecular formula is C21H41N7O. The highest BCUT2D eigenvalue weighted by Gasteiger charge is 2.16. The van der Waals surface area contributed by atoms with E-state index in [1.165, 1.54) is 0 Å². The Morgan fingerprint density at radius 2 is 1.93 bits per heavy atom. The van der Waals surface area contributed by atoms with Crippen LogP contribution < -0.4 is 16.3 Å². The summed E-state index contributed by atoms with van der Waals surface area (Å²) < 4.78 is 3.44. The Bertz CT molecular complexity index is 682. The first-order chi connectivity index (χ1) is 13.9. The van der Waals surface area contributed by atoms with Crippen molar-refractivity contribution in [1.29, 1.82) is 0 Å². The fourth-order valence-electron chi connectivity index (χ4n) is 3.93. The molecule has 8 heteroatoms. The molecule has 8 nitrogen and oxygen atoms in total. The number of nitrogens with zero attached hydrogens (tertiary/aromatic N) is 5. The van der Waals surface area contributed by atoms with E-state index in [0.717, 1.165) is 70.1 Å². The van der Waals surface area contributed by atoms with Crippen molar-refractivity contribution in [3.63, 3.8) is 0 Å². The Morgan fingerprint density at radius 3 is 2.59 bits per heavy atom. The van der Waals surface area contributed by atoms with Gasteiger partial charge in [0.15, 0.2) is 5.96 Å². The average Bonchev–Trinajstić information content (AvgIpc) is 3.00. The maximum atomic E-state index is 12.4. The second-order valence-corrected chi connectivity index (χ2v) is 8.35. The molecule has 0 saturated carbocycles. The van der Waals surface area contributed by atoms with Crippen LogP contribution in [-0.4, -0.2) is 63.5 Å². The van der Waals surface area contributed by atoms with Gasteiger partial charge in [0, 0.05) is 57.8 Å². The Hall–Kier alpha value is -1.83. The highest BCUT2D eigenvalue weighted by molar-refractivity contribution is 5.79. The topological polar surface area (TPSA) is 79.5 Å². The number of fused-ring (bicyclic) bond motifs is 1. The van der Waals surface area contributed by atoms with Gasteiger partial charge in [-0.15, -0.1) is 0 Å². The molecule has 0 aliphatic carbocycles. The number of aliphatic imine (C=N–C) groups is 1. The minimum Gasteiger partial charge on any atom is -0.357 e. The zero-order chi connectivity index (χ0) is 21.2. The summed E-state index contributed by atoms with van der Waals surface area (Å²) >= 11 is 0. The standard InChI is InChI=1S/C21H41N7O/c1-6-22-20(23-12-9-15-26(17(2)3)18(4)5)24-13-10-16-28-21(29)27-14-8-7-11-19(27)25-28/h17-18H,6-16H2,1-5H3,(H2,22,23,24). The first-order valence-corrected chi connectivity index (χ1v) is 11.4. The van der Waals surface area contributed by atoms with Gasteiger partial charge >= 0.3 is 5.69 Å². The largest absolute Gasteiger partial charge is 0.357 e. The molecule has 2 N–H and O–H groups in total. The SMILES string of the molecule is CCNC(=NCCCn1nc2n(c1=O)CCCC2)NCCCN(C(C)C)C(C)C. The van der Waals surface area contributed by atoms with Gasteiger partial charge in [-0.25, -0.2) is 9.48 Å². The smallest absolute Gasteiger partial charge is 0.345 e. The normalized spacial score (nSPS) is 14.7. The maximum Gasteiger partial charge on any atom is 0.345 e. The van der Waals surface area contributed by atoms with Crippen LogP contribution in [0.15, 0.2) is 9.79 Å². The molecule has 1 aromatic rings. The van der Waals surface area contributed by atoms with Gasteiger partial charge in [0.05, 0.1) is 0 Å². The molecule has 166 valence electrons. The predicted molar refractivity (Wildman–Crippen MR) is 120 cm³/mol. The number of aromatic nitrogens is 3. The van der Waals surface area contributed by atoms with Crippen molar-refractivity contribution in [2.24, 2.45) is 4.99 Å². The van der Waals surface area contributed by atoms with Gasteiger partial charge in [-0.2, -0.15) is 5.10 Å². The minimum atomic E-state index is 0.0357. The summed E-state index contributed by atoms with van der Waals surface area (Å²) in [4.78, 5) is 19.5. The summed E-state index contributed by atoms with van der Waals surface area (Å²) in [6.07, 6.45) is 5.01. The Kier molecular flexibility index (Phi) is 9.70. The number of guanidine groups is 1. The van der Waals surface area contributed by atoms with Gasteiger partial charge in [0.1, 0.15) is 5.82 Å². The van der Waals surface area contributed by atoms with E-state index in [4.69, 9.17) is 0 Å². The van der Waals surface area contributed by atoms with Crippen LogP contribution in [0.25, 0.3) is 0 Å². The average molecular weight is 408 g/mol. The molecule has 2 heterocycles. The summed E-state index contributed by atoms with van der Waals surface area (Å²) in [6, 6.07) is 1.13. The Morgan fingerprint density at radius 1 is 1.17 bits per heavy atom. The molecule has 0 bridgehead atoms. The fourth-order valence-corrected chi connectivity index (χ4v) is 3.93. The third-order valence-corrected chi connectivity index (χ3v) is 5.39. The van der Waals surface area contributed by atoms with E-state index in [0.29, 0.717) is 25.2 Å². The van der Waals surface area contributed by atoms with Crippen molar-refractivity contribution >= 4 is 5.96 Å². The number of hydrogen-bond donors (Lipinski definition) is 2. The molecule has 1 aliphatic heterocycles. The monoisotopic (exact) mass is 407 g/mol. The number of hydrogen-bond acceptors (Lipinski definition) is 4. The highest BCUT2D eigenvalue weighted by atomic mass is 16.2. The first kappa shape index (κ1) is 23.4. The molecule has 0 radical (unpaired) electrons. The Balaban J connectivity index is 1.76. The van der Waals surface area contributed by atoms with Crippen molar-refractivity contribution in [3.05, 3.63) is 16.3 Å². The lowest BCUT2D eigenvalue weighted by molar-refractivity contribution is 0.173. The van der Waals surface area contributed by atoms with Gasteiger partial charge in [-0.1, -0.05) is 0 Å². The lowest BCUT2D eigenvalue weighted by atomic mass is 10.2. The molecule has 1 aliphatic rings. The van der Waals surface area contributed by atoms with E-state index >= 15 is 0 Å². The van der Waals surface area contributed by atoms with Crippen LogP contribution in [0.3, 0.4) is 0 Å². The lowest BCUT2D eigenvalue weighted by Crippen LogP contribution is -2.41. The highest BCUT2D eigenvalue weighted by Crippen LogP contribution is 2.09. The van der Waals surface area contributed by atoms with Crippen LogP contribution in [0.4, 0.5) is 0 Å². The second-order valence-electron chi connectivity index (χ2n) is 8.35. The van der Waals surface area contributed by atoms with Crippen LogP contribution in [0.1, 0.15) is 66.1 Å².